The molecule has 0 aliphatic heterocycles. The lowest BCUT2D eigenvalue weighted by Crippen LogP contribution is -2.48. The highest BCUT2D eigenvalue weighted by Gasteiger charge is 2.57. The molecule has 1 saturated carbocycles. The molecule has 0 amide bonds. The van der Waals surface area contributed by atoms with Gasteiger partial charge in [0.05, 0.1) is 5.69 Å². The lowest BCUT2D eigenvalue weighted by Gasteiger charge is -2.42. The van der Waals surface area contributed by atoms with Crippen molar-refractivity contribution >= 4 is 32.7 Å². The summed E-state index contributed by atoms with van der Waals surface area (Å²) in [5.41, 5.74) is 1.26. The van der Waals surface area contributed by atoms with E-state index < -0.39 is 24.4 Å². The van der Waals surface area contributed by atoms with Crippen molar-refractivity contribution in [2.75, 3.05) is 0 Å². The molecule has 1 fully saturated rings. The molecule has 0 bridgehead atoms. The predicted octanol–water partition coefficient (Wildman–Crippen LogP) is 3.25. The summed E-state index contributed by atoms with van der Waals surface area (Å²) in [6.45, 7) is 0. The van der Waals surface area contributed by atoms with Crippen LogP contribution in [0.25, 0.3) is 32.6 Å². The number of H-pyrrole nitrogens is 1. The summed E-state index contributed by atoms with van der Waals surface area (Å²) in [7, 11) is 0. The van der Waals surface area contributed by atoms with E-state index in [1.807, 2.05) is 18.2 Å². The minimum atomic E-state index is -2.79. The Morgan fingerprint density at radius 1 is 1.20 bits per heavy atom. The van der Waals surface area contributed by atoms with E-state index in [4.69, 9.17) is 0 Å². The molecule has 1 aliphatic rings. The summed E-state index contributed by atoms with van der Waals surface area (Å²) in [6, 6.07) is 7.27. The van der Waals surface area contributed by atoms with E-state index in [-0.39, 0.29) is 0 Å². The van der Waals surface area contributed by atoms with Gasteiger partial charge in [0.25, 0.3) is 5.92 Å². The van der Waals surface area contributed by atoms with Gasteiger partial charge in [-0.1, -0.05) is 5.21 Å². The van der Waals surface area contributed by atoms with Gasteiger partial charge in [-0.3, -0.25) is 0 Å². The number of halogens is 2. The Hall–Kier alpha value is -2.52. The van der Waals surface area contributed by atoms with Crippen LogP contribution in [0.5, 0.6) is 0 Å². The number of nitrogens with zero attached hydrogens (tertiary/aromatic N) is 4. The number of fused-ring (bicyclic) bond motifs is 2. The molecule has 4 aromatic heterocycles. The molecule has 5 rings (SSSR count). The van der Waals surface area contributed by atoms with Gasteiger partial charge in [0.15, 0.2) is 5.65 Å². The minimum absolute atomic E-state index is 0.531. The normalized spacial score (nSPS) is 18.5. The van der Waals surface area contributed by atoms with Crippen molar-refractivity contribution in [3.63, 3.8) is 0 Å². The van der Waals surface area contributed by atoms with Crippen LogP contribution >= 0.6 is 11.3 Å². The third kappa shape index (κ3) is 2.30. The highest BCUT2D eigenvalue weighted by molar-refractivity contribution is 7.18. The van der Waals surface area contributed by atoms with Crippen molar-refractivity contribution in [3.05, 3.63) is 35.3 Å². The zero-order chi connectivity index (χ0) is 17.2. The first-order chi connectivity index (χ1) is 11.9. The van der Waals surface area contributed by atoms with Crippen LogP contribution < -0.4 is 0 Å². The number of aliphatic hydroxyl groups is 1. The molecule has 0 atom stereocenters. The summed E-state index contributed by atoms with van der Waals surface area (Å²) < 4.78 is 26.3. The molecule has 25 heavy (non-hydrogen) atoms. The third-order valence-electron chi connectivity index (χ3n) is 4.42. The third-order valence-corrected chi connectivity index (χ3v) is 5.66. The molecule has 0 saturated heterocycles. The van der Waals surface area contributed by atoms with Gasteiger partial charge in [0.2, 0.25) is 0 Å². The molecule has 4 aromatic rings. The van der Waals surface area contributed by atoms with Gasteiger partial charge in [-0.05, 0) is 24.3 Å². The highest BCUT2D eigenvalue weighted by atomic mass is 32.1. The second kappa shape index (κ2) is 4.77. The van der Waals surface area contributed by atoms with Gasteiger partial charge in [0.1, 0.15) is 15.9 Å². The fourth-order valence-electron chi connectivity index (χ4n) is 3.17. The summed E-state index contributed by atoms with van der Waals surface area (Å²) >= 11 is 1.25. The van der Waals surface area contributed by atoms with E-state index in [0.717, 1.165) is 10.9 Å². The maximum Gasteiger partial charge on any atom is 0.254 e. The molecule has 0 spiro atoms. The van der Waals surface area contributed by atoms with Gasteiger partial charge < -0.3 is 5.11 Å². The van der Waals surface area contributed by atoms with E-state index in [0.29, 0.717) is 26.6 Å². The van der Waals surface area contributed by atoms with E-state index in [1.54, 1.807) is 12.3 Å². The Morgan fingerprint density at radius 2 is 2.04 bits per heavy atom. The van der Waals surface area contributed by atoms with Gasteiger partial charge in [0, 0.05) is 34.9 Å². The monoisotopic (exact) mass is 359 g/mol. The second-order valence-corrected chi connectivity index (χ2v) is 7.38. The number of hydrogen-bond donors (Lipinski definition) is 2. The van der Waals surface area contributed by atoms with Crippen molar-refractivity contribution < 1.29 is 13.9 Å². The minimum Gasteiger partial charge on any atom is -0.384 e. The molecule has 0 unspecified atom stereocenters. The fourth-order valence-corrected chi connectivity index (χ4v) is 4.29. The van der Waals surface area contributed by atoms with Crippen molar-refractivity contribution in [2.45, 2.75) is 24.4 Å². The van der Waals surface area contributed by atoms with Crippen molar-refractivity contribution in [3.8, 4) is 11.3 Å². The van der Waals surface area contributed by atoms with Gasteiger partial charge in [-0.25, -0.2) is 23.8 Å². The Morgan fingerprint density at radius 3 is 2.84 bits per heavy atom. The first kappa shape index (κ1) is 14.8. The smallest absolute Gasteiger partial charge is 0.254 e. The van der Waals surface area contributed by atoms with Crippen LogP contribution in [0.3, 0.4) is 0 Å². The van der Waals surface area contributed by atoms with E-state index in [1.165, 1.54) is 11.3 Å². The first-order valence-electron chi connectivity index (χ1n) is 7.60. The maximum atomic E-state index is 13.2. The zero-order valence-electron chi connectivity index (χ0n) is 12.7. The average Bonchev–Trinajstić information content (AvgIpc) is 3.18. The molecular formula is C16H11F2N5OS. The number of aromatic nitrogens is 5. The molecule has 2 N–H and O–H groups in total. The van der Waals surface area contributed by atoms with Crippen LogP contribution in [-0.2, 0) is 5.60 Å². The van der Waals surface area contributed by atoms with Gasteiger partial charge in [-0.15, -0.1) is 16.4 Å². The molecule has 4 heterocycles. The summed E-state index contributed by atoms with van der Waals surface area (Å²) in [5, 5.41) is 21.5. The fraction of sp³-hybridized carbons (Fsp3) is 0.250. The van der Waals surface area contributed by atoms with Crippen molar-refractivity contribution in [2.24, 2.45) is 0 Å². The van der Waals surface area contributed by atoms with E-state index in [2.05, 4.69) is 25.4 Å². The first-order valence-corrected chi connectivity index (χ1v) is 8.42. The maximum absolute atomic E-state index is 13.2. The number of pyridine rings is 2. The van der Waals surface area contributed by atoms with Crippen LogP contribution in [0, 0.1) is 0 Å². The molecule has 9 heteroatoms. The Labute approximate surface area is 143 Å². The van der Waals surface area contributed by atoms with E-state index in [9.17, 15) is 13.9 Å². The number of alkyl halides is 2. The molecular weight excluding hydrogens is 348 g/mol. The highest BCUT2D eigenvalue weighted by Crippen LogP contribution is 2.53. The number of aromatic amines is 1. The Kier molecular flexibility index (Phi) is 2.82. The van der Waals surface area contributed by atoms with Crippen LogP contribution in [0.1, 0.15) is 17.7 Å². The lowest BCUT2D eigenvalue weighted by atomic mass is 9.75. The number of nitrogens with one attached hydrogen (secondary N) is 1. The molecule has 1 aliphatic carbocycles. The molecule has 0 aromatic carbocycles. The zero-order valence-corrected chi connectivity index (χ0v) is 13.5. The Bertz CT molecular complexity index is 1110. The summed E-state index contributed by atoms with van der Waals surface area (Å²) in [6.07, 6.45) is 0.601. The summed E-state index contributed by atoms with van der Waals surface area (Å²) in [5.74, 6) is -2.79. The molecule has 6 nitrogen and oxygen atoms in total. The molecule has 126 valence electrons. The van der Waals surface area contributed by atoms with Gasteiger partial charge in [-0.2, -0.15) is 0 Å². The predicted molar refractivity (Wildman–Crippen MR) is 88.4 cm³/mol. The van der Waals surface area contributed by atoms with Crippen LogP contribution in [0.2, 0.25) is 0 Å². The quantitative estimate of drug-likeness (QED) is 0.574. The van der Waals surface area contributed by atoms with E-state index >= 15 is 0 Å². The van der Waals surface area contributed by atoms with Crippen molar-refractivity contribution in [1.82, 2.24) is 25.4 Å². The SMILES string of the molecule is OC1(c2cc3ccc(-c4cnc5[nH]nnc5c4)nc3s2)CC(F)(F)C1. The Balaban J connectivity index is 1.55. The standard InChI is InChI=1S/C16H11F2N5OS/c17-16(18)6-15(24,7-16)12-4-8-1-2-10(20-14(8)25-12)9-3-11-13(19-5-9)22-23-21-11/h1-5,24H,6-7H2,(H,19,21,22,23). The molecule has 0 radical (unpaired) electrons. The van der Waals surface area contributed by atoms with Gasteiger partial charge >= 0.3 is 0 Å². The number of rotatable bonds is 2. The van der Waals surface area contributed by atoms with Crippen LogP contribution in [-0.4, -0.2) is 36.4 Å². The largest absolute Gasteiger partial charge is 0.384 e. The number of thiophene rings is 1. The second-order valence-electron chi connectivity index (χ2n) is 6.35. The lowest BCUT2D eigenvalue weighted by molar-refractivity contribution is -0.208. The topological polar surface area (TPSA) is 87.6 Å². The average molecular weight is 359 g/mol. The van der Waals surface area contributed by atoms with Crippen LogP contribution in [0.15, 0.2) is 30.5 Å². The summed E-state index contributed by atoms with van der Waals surface area (Å²) in [4.78, 5) is 10.0. The van der Waals surface area contributed by atoms with Crippen molar-refractivity contribution in [1.29, 1.82) is 0 Å². The van der Waals surface area contributed by atoms with Crippen LogP contribution in [0.4, 0.5) is 8.78 Å². The number of hydrogen-bond acceptors (Lipinski definition) is 6.